The van der Waals surface area contributed by atoms with Crippen LogP contribution >= 0.6 is 0 Å². The molecule has 0 saturated carbocycles. The van der Waals surface area contributed by atoms with Gasteiger partial charge in [-0.15, -0.1) is 0 Å². The molecule has 12 heavy (non-hydrogen) atoms. The molecule has 0 heterocycles. The number of hydrogen-bond donors (Lipinski definition) is 0. The van der Waals surface area contributed by atoms with E-state index in [1.807, 2.05) is 26.0 Å². The van der Waals surface area contributed by atoms with Crippen molar-refractivity contribution in [3.8, 4) is 12.1 Å². The van der Waals surface area contributed by atoms with E-state index in [1.165, 1.54) is 0 Å². The van der Waals surface area contributed by atoms with E-state index in [0.29, 0.717) is 11.1 Å². The van der Waals surface area contributed by atoms with Gasteiger partial charge in [-0.2, -0.15) is 10.5 Å². The van der Waals surface area contributed by atoms with Crippen LogP contribution in [0.5, 0.6) is 0 Å². The van der Waals surface area contributed by atoms with Gasteiger partial charge in [0.2, 0.25) is 0 Å². The van der Waals surface area contributed by atoms with Crippen molar-refractivity contribution >= 4 is 0 Å². The van der Waals surface area contributed by atoms with E-state index in [-0.39, 0.29) is 0 Å². The molecule has 0 aliphatic carbocycles. The Morgan fingerprint density at radius 2 is 1.25 bits per heavy atom. The second-order valence-electron chi connectivity index (χ2n) is 2.05. The molecule has 0 atom stereocenters. The minimum atomic E-state index is 0.401. The molecule has 2 nitrogen and oxygen atoms in total. The Labute approximate surface area is 72.7 Å². The zero-order valence-corrected chi connectivity index (χ0v) is 7.20. The summed E-state index contributed by atoms with van der Waals surface area (Å²) in [6.07, 6.45) is 6.72. The summed E-state index contributed by atoms with van der Waals surface area (Å²) in [5.74, 6) is 0. The standard InChI is InChI=1S/C10H10N2/c1-3-5-9(7-11)10(8-12)6-4-2/h3-6H,1-2H3/b5-3-,6-4-,10-9-. The predicted octanol–water partition coefficient (Wildman–Crippen LogP) is 2.48. The van der Waals surface area contributed by atoms with Crippen LogP contribution in [0.25, 0.3) is 0 Å². The Kier molecular flexibility index (Phi) is 5.05. The number of nitrogens with zero attached hydrogens (tertiary/aromatic N) is 2. The van der Waals surface area contributed by atoms with Crippen molar-refractivity contribution in [3.63, 3.8) is 0 Å². The van der Waals surface area contributed by atoms with Gasteiger partial charge in [0.1, 0.15) is 12.1 Å². The van der Waals surface area contributed by atoms with Gasteiger partial charge >= 0.3 is 0 Å². The second-order valence-corrected chi connectivity index (χ2v) is 2.05. The summed E-state index contributed by atoms with van der Waals surface area (Å²) in [5.41, 5.74) is 0.802. The second kappa shape index (κ2) is 5.95. The summed E-state index contributed by atoms with van der Waals surface area (Å²) in [4.78, 5) is 0. The van der Waals surface area contributed by atoms with Gasteiger partial charge in [0.25, 0.3) is 0 Å². The molecule has 0 rings (SSSR count). The van der Waals surface area contributed by atoms with Gasteiger partial charge in [-0.3, -0.25) is 0 Å². The fraction of sp³-hybridized carbons (Fsp3) is 0.200. The smallest absolute Gasteiger partial charge is 0.100 e. The third kappa shape index (κ3) is 2.86. The summed E-state index contributed by atoms with van der Waals surface area (Å²) in [5, 5.41) is 17.3. The van der Waals surface area contributed by atoms with Gasteiger partial charge in [-0.1, -0.05) is 12.2 Å². The van der Waals surface area contributed by atoms with Crippen LogP contribution in [-0.2, 0) is 0 Å². The van der Waals surface area contributed by atoms with Crippen molar-refractivity contribution in [2.75, 3.05) is 0 Å². The normalized spacial score (nSPS) is 12.7. The number of rotatable bonds is 2. The summed E-state index contributed by atoms with van der Waals surface area (Å²) in [7, 11) is 0. The fourth-order valence-electron chi connectivity index (χ4n) is 0.708. The summed E-state index contributed by atoms with van der Waals surface area (Å²) in [6.45, 7) is 3.62. The van der Waals surface area contributed by atoms with E-state index < -0.39 is 0 Å². The average molecular weight is 158 g/mol. The highest BCUT2D eigenvalue weighted by Gasteiger charge is 1.96. The molecule has 0 unspecified atom stereocenters. The number of allylic oxidation sites excluding steroid dienone is 6. The largest absolute Gasteiger partial charge is 0.192 e. The third-order valence-corrected chi connectivity index (χ3v) is 1.20. The monoisotopic (exact) mass is 158 g/mol. The molecular weight excluding hydrogens is 148 g/mol. The minimum absolute atomic E-state index is 0.401. The van der Waals surface area contributed by atoms with Crippen LogP contribution in [0, 0.1) is 22.7 Å². The lowest BCUT2D eigenvalue weighted by molar-refractivity contribution is 1.43. The molecule has 0 bridgehead atoms. The van der Waals surface area contributed by atoms with Crippen molar-refractivity contribution in [1.82, 2.24) is 0 Å². The predicted molar refractivity (Wildman–Crippen MR) is 47.9 cm³/mol. The Bertz CT molecular complexity index is 274. The van der Waals surface area contributed by atoms with Crippen LogP contribution in [0.1, 0.15) is 13.8 Å². The highest BCUT2D eigenvalue weighted by molar-refractivity contribution is 5.49. The van der Waals surface area contributed by atoms with Crippen molar-refractivity contribution in [2.45, 2.75) is 13.8 Å². The average Bonchev–Trinajstić information content (AvgIpc) is 2.11. The Morgan fingerprint density at radius 3 is 1.42 bits per heavy atom. The molecule has 0 amide bonds. The molecule has 0 aromatic rings. The van der Waals surface area contributed by atoms with Crippen LogP contribution in [0.3, 0.4) is 0 Å². The lowest BCUT2D eigenvalue weighted by Gasteiger charge is -1.89. The van der Waals surface area contributed by atoms with Gasteiger partial charge in [0.05, 0.1) is 11.1 Å². The summed E-state index contributed by atoms with van der Waals surface area (Å²) >= 11 is 0. The van der Waals surface area contributed by atoms with Crippen molar-refractivity contribution in [1.29, 1.82) is 10.5 Å². The van der Waals surface area contributed by atoms with Crippen LogP contribution in [-0.4, -0.2) is 0 Å². The summed E-state index contributed by atoms with van der Waals surface area (Å²) in [6, 6.07) is 3.92. The van der Waals surface area contributed by atoms with E-state index >= 15 is 0 Å². The van der Waals surface area contributed by atoms with E-state index in [1.54, 1.807) is 24.3 Å². The number of hydrogen-bond acceptors (Lipinski definition) is 2. The van der Waals surface area contributed by atoms with E-state index in [2.05, 4.69) is 0 Å². The van der Waals surface area contributed by atoms with Crippen LogP contribution in [0.4, 0.5) is 0 Å². The Hall–Kier alpha value is -1.80. The molecular formula is C10H10N2. The molecule has 0 fully saturated rings. The molecule has 0 N–H and O–H groups in total. The van der Waals surface area contributed by atoms with Gasteiger partial charge in [-0.25, -0.2) is 0 Å². The highest BCUT2D eigenvalue weighted by atomic mass is 14.3. The molecule has 0 saturated heterocycles. The molecule has 0 radical (unpaired) electrons. The van der Waals surface area contributed by atoms with E-state index in [9.17, 15) is 0 Å². The van der Waals surface area contributed by atoms with E-state index in [0.717, 1.165) is 0 Å². The molecule has 0 aliphatic rings. The van der Waals surface area contributed by atoms with Gasteiger partial charge in [0.15, 0.2) is 0 Å². The van der Waals surface area contributed by atoms with Crippen LogP contribution < -0.4 is 0 Å². The first kappa shape index (κ1) is 10.2. The third-order valence-electron chi connectivity index (χ3n) is 1.20. The first-order valence-electron chi connectivity index (χ1n) is 3.60. The maximum atomic E-state index is 8.64. The van der Waals surface area contributed by atoms with Crippen molar-refractivity contribution < 1.29 is 0 Å². The first-order valence-corrected chi connectivity index (χ1v) is 3.60. The quantitative estimate of drug-likeness (QED) is 0.458. The minimum Gasteiger partial charge on any atom is -0.192 e. The topological polar surface area (TPSA) is 47.6 Å². The highest BCUT2D eigenvalue weighted by Crippen LogP contribution is 2.05. The molecule has 0 spiro atoms. The zero-order chi connectivity index (χ0) is 9.40. The molecule has 60 valence electrons. The summed E-state index contributed by atoms with van der Waals surface area (Å²) < 4.78 is 0. The SMILES string of the molecule is C\C=C/C(C#N)=C(C#N)\C=C/C. The maximum absolute atomic E-state index is 8.64. The van der Waals surface area contributed by atoms with Crippen LogP contribution in [0.15, 0.2) is 35.5 Å². The lowest BCUT2D eigenvalue weighted by Crippen LogP contribution is -1.79. The Balaban J connectivity index is 5.08. The van der Waals surface area contributed by atoms with Gasteiger partial charge < -0.3 is 0 Å². The molecule has 0 aliphatic heterocycles. The molecule has 2 heteroatoms. The first-order chi connectivity index (χ1) is 5.79. The van der Waals surface area contributed by atoms with Gasteiger partial charge in [0, 0.05) is 0 Å². The van der Waals surface area contributed by atoms with Crippen LogP contribution in [0.2, 0.25) is 0 Å². The Morgan fingerprint density at radius 1 is 0.917 bits per heavy atom. The van der Waals surface area contributed by atoms with Crippen molar-refractivity contribution in [2.24, 2.45) is 0 Å². The maximum Gasteiger partial charge on any atom is 0.100 e. The molecule has 0 aromatic heterocycles. The molecule has 0 aromatic carbocycles. The fourth-order valence-corrected chi connectivity index (χ4v) is 0.708. The lowest BCUT2D eigenvalue weighted by atomic mass is 10.1. The van der Waals surface area contributed by atoms with Crippen molar-refractivity contribution in [3.05, 3.63) is 35.5 Å². The van der Waals surface area contributed by atoms with Gasteiger partial charge in [-0.05, 0) is 26.0 Å². The van der Waals surface area contributed by atoms with E-state index in [4.69, 9.17) is 10.5 Å². The zero-order valence-electron chi connectivity index (χ0n) is 7.20. The number of nitriles is 2.